The van der Waals surface area contributed by atoms with Crippen LogP contribution in [0.3, 0.4) is 0 Å². The van der Waals surface area contributed by atoms with Crippen LogP contribution in [0, 0.1) is 6.92 Å². The molecule has 0 radical (unpaired) electrons. The number of carbonyl (C=O) groups excluding carboxylic acids is 1. The van der Waals surface area contributed by atoms with Gasteiger partial charge in [-0.05, 0) is 30.4 Å². The lowest BCUT2D eigenvalue weighted by Crippen LogP contribution is -2.41. The summed E-state index contributed by atoms with van der Waals surface area (Å²) in [6.07, 6.45) is -0.443. The highest BCUT2D eigenvalue weighted by atomic mass is 32.1. The van der Waals surface area contributed by atoms with E-state index in [4.69, 9.17) is 10.2 Å². The molecule has 98 valence electrons. The zero-order chi connectivity index (χ0) is 13.7. The molecule has 3 N–H and O–H groups in total. The second kappa shape index (κ2) is 6.15. The first-order chi connectivity index (χ1) is 8.41. The molecule has 6 nitrogen and oxygen atoms in total. The first-order valence-corrected chi connectivity index (χ1v) is 6.09. The van der Waals surface area contributed by atoms with Gasteiger partial charge < -0.3 is 15.5 Å². The maximum absolute atomic E-state index is 11.8. The van der Waals surface area contributed by atoms with Gasteiger partial charge >= 0.3 is 11.9 Å². The summed E-state index contributed by atoms with van der Waals surface area (Å²) in [6, 6.07) is 0.571. The number of amides is 1. The molecule has 1 aromatic rings. The Morgan fingerprint density at radius 3 is 2.50 bits per heavy atom. The first-order valence-electron chi connectivity index (χ1n) is 5.21. The number of hydrogen-bond acceptors (Lipinski definition) is 4. The average Bonchev–Trinajstić information content (AvgIpc) is 2.69. The molecule has 0 fully saturated rings. The van der Waals surface area contributed by atoms with E-state index in [1.165, 1.54) is 11.3 Å². The van der Waals surface area contributed by atoms with Crippen LogP contribution in [0.25, 0.3) is 0 Å². The molecular weight excluding hydrogens is 258 g/mol. The van der Waals surface area contributed by atoms with Crippen molar-refractivity contribution in [3.63, 3.8) is 0 Å². The Bertz CT molecular complexity index is 468. The summed E-state index contributed by atoms with van der Waals surface area (Å²) in [5.74, 6) is -2.82. The van der Waals surface area contributed by atoms with E-state index in [0.717, 1.165) is 5.56 Å². The maximum Gasteiger partial charge on any atom is 0.326 e. The highest BCUT2D eigenvalue weighted by Crippen LogP contribution is 2.15. The molecule has 0 saturated carbocycles. The van der Waals surface area contributed by atoms with Crippen molar-refractivity contribution >= 4 is 29.2 Å². The lowest BCUT2D eigenvalue weighted by molar-refractivity contribution is -0.140. The van der Waals surface area contributed by atoms with E-state index in [0.29, 0.717) is 4.88 Å². The molecule has 1 aromatic heterocycles. The van der Waals surface area contributed by atoms with Crippen LogP contribution in [0.1, 0.15) is 28.1 Å². The van der Waals surface area contributed by atoms with Crippen molar-refractivity contribution in [2.24, 2.45) is 0 Å². The van der Waals surface area contributed by atoms with Crippen LogP contribution >= 0.6 is 11.3 Å². The monoisotopic (exact) mass is 271 g/mol. The Hall–Kier alpha value is -1.89. The number of thiophene rings is 1. The minimum atomic E-state index is -1.24. The lowest BCUT2D eigenvalue weighted by Gasteiger charge is -2.13. The fourth-order valence-corrected chi connectivity index (χ4v) is 2.18. The number of hydrogen-bond donors (Lipinski definition) is 3. The number of rotatable bonds is 6. The fourth-order valence-electron chi connectivity index (χ4n) is 1.35. The molecule has 1 heterocycles. The summed E-state index contributed by atoms with van der Waals surface area (Å²) in [5, 5.41) is 21.5. The molecule has 0 aliphatic heterocycles. The molecule has 1 amide bonds. The van der Waals surface area contributed by atoms with Crippen LogP contribution < -0.4 is 5.32 Å². The molecule has 0 spiro atoms. The normalized spacial score (nSPS) is 11.8. The van der Waals surface area contributed by atoms with Crippen LogP contribution in [0.5, 0.6) is 0 Å². The summed E-state index contributed by atoms with van der Waals surface area (Å²) in [7, 11) is 0. The predicted octanol–water partition coefficient (Wildman–Crippen LogP) is 1.10. The lowest BCUT2D eigenvalue weighted by atomic mass is 10.1. The minimum Gasteiger partial charge on any atom is -0.481 e. The third kappa shape index (κ3) is 3.85. The van der Waals surface area contributed by atoms with E-state index < -0.39 is 23.9 Å². The van der Waals surface area contributed by atoms with Gasteiger partial charge in [0.1, 0.15) is 6.04 Å². The van der Waals surface area contributed by atoms with Gasteiger partial charge in [-0.1, -0.05) is 0 Å². The van der Waals surface area contributed by atoms with Gasteiger partial charge in [-0.15, -0.1) is 11.3 Å². The van der Waals surface area contributed by atoms with Crippen LogP contribution in [-0.2, 0) is 9.59 Å². The predicted molar refractivity (Wildman–Crippen MR) is 64.8 cm³/mol. The van der Waals surface area contributed by atoms with Gasteiger partial charge in [0.25, 0.3) is 5.91 Å². The molecule has 1 rings (SSSR count). The number of aliphatic carboxylic acids is 2. The van der Waals surface area contributed by atoms with Crippen molar-refractivity contribution in [3.05, 3.63) is 21.9 Å². The smallest absolute Gasteiger partial charge is 0.326 e. The molecule has 0 saturated heterocycles. The summed E-state index contributed by atoms with van der Waals surface area (Å²) in [4.78, 5) is 33.5. The van der Waals surface area contributed by atoms with E-state index in [9.17, 15) is 14.4 Å². The van der Waals surface area contributed by atoms with Crippen molar-refractivity contribution in [2.75, 3.05) is 0 Å². The topological polar surface area (TPSA) is 104 Å². The van der Waals surface area contributed by atoms with Gasteiger partial charge in [-0.3, -0.25) is 9.59 Å². The van der Waals surface area contributed by atoms with Crippen molar-refractivity contribution in [2.45, 2.75) is 25.8 Å². The van der Waals surface area contributed by atoms with Gasteiger partial charge in [0.15, 0.2) is 0 Å². The highest BCUT2D eigenvalue weighted by Gasteiger charge is 2.22. The van der Waals surface area contributed by atoms with Crippen LogP contribution in [0.15, 0.2) is 11.4 Å². The van der Waals surface area contributed by atoms with E-state index in [1.807, 2.05) is 0 Å². The van der Waals surface area contributed by atoms with Crippen LogP contribution in [0.2, 0.25) is 0 Å². The van der Waals surface area contributed by atoms with Crippen molar-refractivity contribution < 1.29 is 24.6 Å². The quantitative estimate of drug-likeness (QED) is 0.719. The second-order valence-electron chi connectivity index (χ2n) is 3.73. The summed E-state index contributed by atoms with van der Waals surface area (Å²) in [6.45, 7) is 1.75. The molecule has 0 aliphatic carbocycles. The minimum absolute atomic E-state index is 0.138. The molecular formula is C11H13NO5S. The molecule has 7 heteroatoms. The Morgan fingerprint density at radius 2 is 2.06 bits per heavy atom. The van der Waals surface area contributed by atoms with E-state index >= 15 is 0 Å². The summed E-state index contributed by atoms with van der Waals surface area (Å²) < 4.78 is 0. The molecule has 1 unspecified atom stereocenters. The standard InChI is InChI=1S/C11H13NO5S/c1-6-4-5-18-9(6)10(15)12-7(11(16)17)2-3-8(13)14/h4-5,7H,2-3H2,1H3,(H,12,15)(H,13,14)(H,16,17). The first kappa shape index (κ1) is 14.2. The van der Waals surface area contributed by atoms with E-state index in [2.05, 4.69) is 5.32 Å². The fraction of sp³-hybridized carbons (Fsp3) is 0.364. The van der Waals surface area contributed by atoms with Crippen molar-refractivity contribution in [1.29, 1.82) is 0 Å². The third-order valence-corrected chi connectivity index (χ3v) is 3.33. The van der Waals surface area contributed by atoms with Gasteiger partial charge in [-0.2, -0.15) is 0 Å². The Labute approximate surface area is 107 Å². The van der Waals surface area contributed by atoms with Crippen LogP contribution in [-0.4, -0.2) is 34.1 Å². The average molecular weight is 271 g/mol. The van der Waals surface area contributed by atoms with Crippen molar-refractivity contribution in [1.82, 2.24) is 5.32 Å². The number of aryl methyl sites for hydroxylation is 1. The van der Waals surface area contributed by atoms with E-state index in [1.54, 1.807) is 18.4 Å². The number of carbonyl (C=O) groups is 3. The molecule has 18 heavy (non-hydrogen) atoms. The molecule has 0 aliphatic rings. The van der Waals surface area contributed by atoms with Crippen molar-refractivity contribution in [3.8, 4) is 0 Å². The van der Waals surface area contributed by atoms with E-state index in [-0.39, 0.29) is 12.8 Å². The summed E-state index contributed by atoms with van der Waals surface area (Å²) in [5.41, 5.74) is 0.764. The van der Waals surface area contributed by atoms with Gasteiger partial charge in [-0.25, -0.2) is 4.79 Å². The number of carboxylic acids is 2. The van der Waals surface area contributed by atoms with Gasteiger partial charge in [0.05, 0.1) is 4.88 Å². The van der Waals surface area contributed by atoms with Gasteiger partial charge in [0, 0.05) is 6.42 Å². The summed E-state index contributed by atoms with van der Waals surface area (Å²) >= 11 is 1.21. The van der Waals surface area contributed by atoms with Gasteiger partial charge in [0.2, 0.25) is 0 Å². The largest absolute Gasteiger partial charge is 0.481 e. The SMILES string of the molecule is Cc1ccsc1C(=O)NC(CCC(=O)O)C(=O)O. The third-order valence-electron chi connectivity index (χ3n) is 2.32. The number of nitrogens with one attached hydrogen (secondary N) is 1. The molecule has 0 aromatic carbocycles. The molecule has 0 bridgehead atoms. The Balaban J connectivity index is 2.67. The molecule has 1 atom stereocenters. The Kier molecular flexibility index (Phi) is 4.85. The van der Waals surface area contributed by atoms with Crippen LogP contribution in [0.4, 0.5) is 0 Å². The zero-order valence-electron chi connectivity index (χ0n) is 9.67. The highest BCUT2D eigenvalue weighted by molar-refractivity contribution is 7.12. The number of carboxylic acid groups (broad SMARTS) is 2. The zero-order valence-corrected chi connectivity index (χ0v) is 10.5. The Morgan fingerprint density at radius 1 is 1.39 bits per heavy atom. The maximum atomic E-state index is 11.8. The second-order valence-corrected chi connectivity index (χ2v) is 4.65.